The van der Waals surface area contributed by atoms with E-state index in [1.807, 2.05) is 18.7 Å². The van der Waals surface area contributed by atoms with Crippen LogP contribution in [0.25, 0.3) is 0 Å². The van der Waals surface area contributed by atoms with Crippen molar-refractivity contribution in [3.05, 3.63) is 35.1 Å². The summed E-state index contributed by atoms with van der Waals surface area (Å²) in [5, 5.41) is 11.5. The van der Waals surface area contributed by atoms with Crippen LogP contribution < -0.4 is 5.73 Å². The number of benzene rings is 1. The van der Waals surface area contributed by atoms with E-state index in [9.17, 15) is 4.39 Å². The van der Waals surface area contributed by atoms with E-state index < -0.39 is 0 Å². The fourth-order valence-corrected chi connectivity index (χ4v) is 1.59. The fourth-order valence-electron chi connectivity index (χ4n) is 1.59. The summed E-state index contributed by atoms with van der Waals surface area (Å²) in [5.74, 6) is -0.0913. The normalized spacial score (nSPS) is 12.1. The van der Waals surface area contributed by atoms with E-state index in [2.05, 4.69) is 5.16 Å². The molecule has 94 valence electrons. The van der Waals surface area contributed by atoms with Gasteiger partial charge >= 0.3 is 0 Å². The smallest absolute Gasteiger partial charge is 0.153 e. The summed E-state index contributed by atoms with van der Waals surface area (Å²) >= 11 is 0. The van der Waals surface area contributed by atoms with E-state index in [1.54, 1.807) is 6.07 Å². The summed E-state index contributed by atoms with van der Waals surface area (Å²) in [6, 6.07) is 4.71. The van der Waals surface area contributed by atoms with Crippen LogP contribution in [0.15, 0.2) is 23.4 Å². The molecule has 0 saturated carbocycles. The Morgan fingerprint density at radius 2 is 2.24 bits per heavy atom. The highest BCUT2D eigenvalue weighted by Crippen LogP contribution is 2.12. The van der Waals surface area contributed by atoms with E-state index >= 15 is 0 Å². The number of oxime groups is 1. The molecule has 1 rings (SSSR count). The topological polar surface area (TPSA) is 61.8 Å². The van der Waals surface area contributed by atoms with Gasteiger partial charge in [-0.05, 0) is 36.7 Å². The first-order valence-electron chi connectivity index (χ1n) is 5.50. The van der Waals surface area contributed by atoms with Gasteiger partial charge in [0.2, 0.25) is 0 Å². The van der Waals surface area contributed by atoms with Crippen molar-refractivity contribution in [1.82, 2.24) is 4.90 Å². The Balaban J connectivity index is 2.76. The van der Waals surface area contributed by atoms with Crippen molar-refractivity contribution in [3.8, 4) is 0 Å². The Bertz CT molecular complexity index is 407. The number of nitrogens with zero attached hydrogens (tertiary/aromatic N) is 2. The molecule has 17 heavy (non-hydrogen) atoms. The van der Waals surface area contributed by atoms with Crippen LogP contribution in [0.1, 0.15) is 18.1 Å². The van der Waals surface area contributed by atoms with Crippen molar-refractivity contribution in [2.24, 2.45) is 10.9 Å². The Morgan fingerprint density at radius 3 is 2.82 bits per heavy atom. The molecule has 5 heteroatoms. The van der Waals surface area contributed by atoms with Crippen LogP contribution in [-0.2, 0) is 6.54 Å². The largest absolute Gasteiger partial charge is 0.409 e. The number of amidine groups is 1. The summed E-state index contributed by atoms with van der Waals surface area (Å²) in [6.45, 7) is 5.59. The first kappa shape index (κ1) is 13.4. The summed E-state index contributed by atoms with van der Waals surface area (Å²) in [6.07, 6.45) is 0. The molecule has 0 unspecified atom stereocenters. The standard InChI is InChI=1S/C12H18FN3O/c1-3-16(8-12(14)15-17)7-10-6-11(13)5-4-9(10)2/h4-6,17H,3,7-8H2,1-2H3,(H2,14,15). The van der Waals surface area contributed by atoms with Gasteiger partial charge in [0.25, 0.3) is 0 Å². The average Bonchev–Trinajstić information content (AvgIpc) is 2.32. The summed E-state index contributed by atoms with van der Waals surface area (Å²) in [7, 11) is 0. The first-order chi connectivity index (χ1) is 8.06. The highest BCUT2D eigenvalue weighted by atomic mass is 19.1. The molecule has 0 bridgehead atoms. The van der Waals surface area contributed by atoms with Gasteiger partial charge in [-0.1, -0.05) is 18.1 Å². The number of rotatable bonds is 5. The molecular weight excluding hydrogens is 221 g/mol. The van der Waals surface area contributed by atoms with E-state index in [0.717, 1.165) is 17.7 Å². The second kappa shape index (κ2) is 6.20. The third-order valence-electron chi connectivity index (χ3n) is 2.67. The van der Waals surface area contributed by atoms with Gasteiger partial charge in [-0.2, -0.15) is 0 Å². The molecule has 0 aliphatic heterocycles. The zero-order valence-corrected chi connectivity index (χ0v) is 10.2. The number of hydrogen-bond acceptors (Lipinski definition) is 3. The Morgan fingerprint density at radius 1 is 1.53 bits per heavy atom. The molecule has 1 aromatic rings. The first-order valence-corrected chi connectivity index (χ1v) is 5.50. The molecule has 0 saturated heterocycles. The van der Waals surface area contributed by atoms with Crippen LogP contribution >= 0.6 is 0 Å². The zero-order chi connectivity index (χ0) is 12.8. The lowest BCUT2D eigenvalue weighted by Crippen LogP contribution is -2.33. The average molecular weight is 239 g/mol. The number of nitrogens with two attached hydrogens (primary N) is 1. The van der Waals surface area contributed by atoms with Gasteiger partial charge in [-0.25, -0.2) is 4.39 Å². The third kappa shape index (κ3) is 4.03. The van der Waals surface area contributed by atoms with Crippen LogP contribution in [0.2, 0.25) is 0 Å². The Labute approximate surface area is 101 Å². The Hall–Kier alpha value is -1.62. The lowest BCUT2D eigenvalue weighted by atomic mass is 10.1. The maximum absolute atomic E-state index is 13.1. The van der Waals surface area contributed by atoms with Gasteiger partial charge in [0.15, 0.2) is 5.84 Å². The van der Waals surface area contributed by atoms with Gasteiger partial charge in [-0.15, -0.1) is 0 Å². The monoisotopic (exact) mass is 239 g/mol. The molecule has 0 heterocycles. The molecule has 4 nitrogen and oxygen atoms in total. The maximum Gasteiger partial charge on any atom is 0.153 e. The third-order valence-corrected chi connectivity index (χ3v) is 2.67. The Kier molecular flexibility index (Phi) is 4.90. The molecule has 3 N–H and O–H groups in total. The molecule has 0 aliphatic carbocycles. The number of likely N-dealkylation sites (N-methyl/N-ethyl adjacent to an activating group) is 1. The summed E-state index contributed by atoms with van der Waals surface area (Å²) in [5.41, 5.74) is 7.40. The van der Waals surface area contributed by atoms with Crippen molar-refractivity contribution in [3.63, 3.8) is 0 Å². The zero-order valence-electron chi connectivity index (χ0n) is 10.2. The fraction of sp³-hybridized carbons (Fsp3) is 0.417. The van der Waals surface area contributed by atoms with E-state index in [4.69, 9.17) is 10.9 Å². The number of aryl methyl sites for hydroxylation is 1. The maximum atomic E-state index is 13.1. The highest BCUT2D eigenvalue weighted by molar-refractivity contribution is 5.81. The summed E-state index contributed by atoms with van der Waals surface area (Å²) in [4.78, 5) is 1.97. The predicted molar refractivity (Wildman–Crippen MR) is 65.5 cm³/mol. The van der Waals surface area contributed by atoms with Gasteiger partial charge in [-0.3, -0.25) is 4.90 Å². The van der Waals surface area contributed by atoms with Crippen molar-refractivity contribution >= 4 is 5.84 Å². The van der Waals surface area contributed by atoms with Crippen LogP contribution in [0.5, 0.6) is 0 Å². The van der Waals surface area contributed by atoms with E-state index in [0.29, 0.717) is 13.1 Å². The molecule has 0 aliphatic rings. The molecule has 0 radical (unpaired) electrons. The molecule has 0 fully saturated rings. The lowest BCUT2D eigenvalue weighted by molar-refractivity contribution is 0.294. The van der Waals surface area contributed by atoms with E-state index in [-0.39, 0.29) is 11.7 Å². The van der Waals surface area contributed by atoms with E-state index in [1.165, 1.54) is 12.1 Å². The van der Waals surface area contributed by atoms with Crippen LogP contribution in [-0.4, -0.2) is 29.0 Å². The molecule has 1 aromatic carbocycles. The van der Waals surface area contributed by atoms with Gasteiger partial charge < -0.3 is 10.9 Å². The van der Waals surface area contributed by atoms with Crippen LogP contribution in [0.3, 0.4) is 0 Å². The molecule has 0 spiro atoms. The van der Waals surface area contributed by atoms with Crippen molar-refractivity contribution in [2.45, 2.75) is 20.4 Å². The van der Waals surface area contributed by atoms with Crippen LogP contribution in [0, 0.1) is 12.7 Å². The number of halogens is 1. The van der Waals surface area contributed by atoms with Gasteiger partial charge in [0, 0.05) is 6.54 Å². The quantitative estimate of drug-likeness (QED) is 0.356. The molecular formula is C12H18FN3O. The number of hydrogen-bond donors (Lipinski definition) is 2. The molecule has 0 aromatic heterocycles. The summed E-state index contributed by atoms with van der Waals surface area (Å²) < 4.78 is 13.1. The van der Waals surface area contributed by atoms with Gasteiger partial charge in [0.1, 0.15) is 5.82 Å². The van der Waals surface area contributed by atoms with Crippen molar-refractivity contribution in [1.29, 1.82) is 0 Å². The van der Waals surface area contributed by atoms with Crippen LogP contribution in [0.4, 0.5) is 4.39 Å². The lowest BCUT2D eigenvalue weighted by Gasteiger charge is -2.20. The molecule has 0 atom stereocenters. The minimum atomic E-state index is -0.245. The predicted octanol–water partition coefficient (Wildman–Crippen LogP) is 1.70. The minimum absolute atomic E-state index is 0.154. The van der Waals surface area contributed by atoms with Crippen molar-refractivity contribution in [2.75, 3.05) is 13.1 Å². The SMILES string of the molecule is CCN(C/C(N)=N/O)Cc1cc(F)ccc1C. The second-order valence-corrected chi connectivity index (χ2v) is 3.97. The second-order valence-electron chi connectivity index (χ2n) is 3.97. The van der Waals surface area contributed by atoms with Gasteiger partial charge in [0.05, 0.1) is 6.54 Å². The van der Waals surface area contributed by atoms with Crippen molar-refractivity contribution < 1.29 is 9.60 Å². The molecule has 0 amide bonds. The minimum Gasteiger partial charge on any atom is -0.409 e. The highest BCUT2D eigenvalue weighted by Gasteiger charge is 2.08.